The van der Waals surface area contributed by atoms with Crippen LogP contribution in [0.15, 0.2) is 129 Å². The molecule has 0 fully saturated rings. The van der Waals surface area contributed by atoms with Crippen LogP contribution >= 0.6 is 0 Å². The number of rotatable bonds is 10. The summed E-state index contributed by atoms with van der Waals surface area (Å²) < 4.78 is 125. The first-order valence-corrected chi connectivity index (χ1v) is 20.9. The molecule has 6 aromatic rings. The summed E-state index contributed by atoms with van der Waals surface area (Å²) in [5, 5.41) is 24.6. The van der Waals surface area contributed by atoms with Gasteiger partial charge in [-0.25, -0.2) is 21.6 Å². The SMILES string of the molecule is O=C(Nc1ccc(S(=O)(=O)Nc2cccc3cc(O)cc(S(=O)(=O)O)c23)cc1)Nc1ccc(S(=O)(=O)Nc2cccc3cc(O)cc(S(=O)(=O)O)c23)cc1. The number of hydrogen-bond acceptors (Lipinski definition) is 11. The molecular weight excluding hydrogens is 789 g/mol. The van der Waals surface area contributed by atoms with Crippen LogP contribution in [0.4, 0.5) is 27.5 Å². The van der Waals surface area contributed by atoms with Crippen LogP contribution in [0.3, 0.4) is 0 Å². The van der Waals surface area contributed by atoms with Gasteiger partial charge in [-0.1, -0.05) is 24.3 Å². The van der Waals surface area contributed by atoms with Gasteiger partial charge in [0.2, 0.25) is 0 Å². The van der Waals surface area contributed by atoms with Gasteiger partial charge in [0.15, 0.2) is 0 Å². The van der Waals surface area contributed by atoms with E-state index in [1.165, 1.54) is 72.8 Å². The molecule has 0 bridgehead atoms. The van der Waals surface area contributed by atoms with Gasteiger partial charge in [0.1, 0.15) is 21.3 Å². The molecule has 0 spiro atoms. The molecule has 8 N–H and O–H groups in total. The van der Waals surface area contributed by atoms with Crippen LogP contribution in [0.1, 0.15) is 0 Å². The maximum atomic E-state index is 13.2. The van der Waals surface area contributed by atoms with E-state index in [1.54, 1.807) is 0 Å². The number of urea groups is 1. The number of carbonyl (C=O) groups excluding carboxylic acids is 1. The zero-order valence-corrected chi connectivity index (χ0v) is 30.3. The molecule has 0 aliphatic rings. The molecule has 2 amide bonds. The molecule has 0 heterocycles. The van der Waals surface area contributed by atoms with E-state index < -0.39 is 67.6 Å². The topological polar surface area (TPSA) is 283 Å². The fraction of sp³-hybridized carbons (Fsp3) is 0. The highest BCUT2D eigenvalue weighted by molar-refractivity contribution is 7.93. The predicted octanol–water partition coefficient (Wildman–Crippen LogP) is 5.14. The Labute approximate surface area is 307 Å². The summed E-state index contributed by atoms with van der Waals surface area (Å²) in [7, 11) is -18.4. The molecule has 0 aliphatic heterocycles. The van der Waals surface area contributed by atoms with Crippen LogP contribution < -0.4 is 20.1 Å². The second-order valence-corrected chi connectivity index (χ2v) is 17.6. The molecule has 0 unspecified atom stereocenters. The van der Waals surface area contributed by atoms with Gasteiger partial charge in [-0.2, -0.15) is 16.8 Å². The van der Waals surface area contributed by atoms with Gasteiger partial charge >= 0.3 is 6.03 Å². The van der Waals surface area contributed by atoms with Crippen molar-refractivity contribution in [2.75, 3.05) is 20.1 Å². The highest BCUT2D eigenvalue weighted by atomic mass is 32.2. The van der Waals surface area contributed by atoms with E-state index in [0.717, 1.165) is 36.4 Å². The zero-order chi connectivity index (χ0) is 39.2. The Hall–Kier alpha value is -5.97. The Morgan fingerprint density at radius 1 is 0.481 bits per heavy atom. The van der Waals surface area contributed by atoms with Gasteiger partial charge in [0.25, 0.3) is 40.3 Å². The number of benzene rings is 6. The number of phenols is 2. The molecule has 21 heteroatoms. The average molecular weight is 815 g/mol. The van der Waals surface area contributed by atoms with Crippen molar-refractivity contribution in [3.8, 4) is 11.5 Å². The van der Waals surface area contributed by atoms with Crippen LogP contribution in [0.25, 0.3) is 21.5 Å². The standard InChI is InChI=1S/C33H26N4O13S4/c38-23-15-19-3-1-5-27(31(19)29(17-23)53(45,46)47)36-51(41,42)25-11-7-21(8-12-25)34-33(40)35-22-9-13-26(14-10-22)52(43,44)37-28-6-2-4-20-16-24(39)18-30(32(20)28)54(48,49)50/h1-18,36-39H,(H2,34,35,40)(H,45,46,47)(H,48,49,50). The van der Waals surface area contributed by atoms with Crippen LogP contribution in [-0.2, 0) is 40.3 Å². The van der Waals surface area contributed by atoms with Crippen molar-refractivity contribution in [1.29, 1.82) is 0 Å². The molecule has 0 atom stereocenters. The van der Waals surface area contributed by atoms with E-state index in [9.17, 15) is 57.8 Å². The maximum Gasteiger partial charge on any atom is 0.323 e. The summed E-state index contributed by atoms with van der Waals surface area (Å²) in [5.41, 5.74) is -0.0942. The third-order valence-electron chi connectivity index (χ3n) is 7.74. The minimum atomic E-state index is -4.87. The van der Waals surface area contributed by atoms with Gasteiger partial charge < -0.3 is 20.8 Å². The van der Waals surface area contributed by atoms with E-state index >= 15 is 0 Å². The van der Waals surface area contributed by atoms with E-state index in [0.29, 0.717) is 0 Å². The number of carbonyl (C=O) groups is 1. The lowest BCUT2D eigenvalue weighted by molar-refractivity contribution is 0.262. The Morgan fingerprint density at radius 2 is 0.833 bits per heavy atom. The quantitative estimate of drug-likeness (QED) is 0.0833. The molecule has 0 saturated heterocycles. The van der Waals surface area contributed by atoms with Gasteiger partial charge in [-0.15, -0.1) is 0 Å². The highest BCUT2D eigenvalue weighted by Crippen LogP contribution is 2.36. The van der Waals surface area contributed by atoms with Gasteiger partial charge in [0.05, 0.1) is 21.2 Å². The number of anilines is 4. The molecule has 54 heavy (non-hydrogen) atoms. The summed E-state index contributed by atoms with van der Waals surface area (Å²) >= 11 is 0. The molecule has 0 aliphatic carbocycles. The van der Waals surface area contributed by atoms with Crippen molar-refractivity contribution in [3.63, 3.8) is 0 Å². The van der Waals surface area contributed by atoms with Gasteiger partial charge in [0, 0.05) is 34.3 Å². The van der Waals surface area contributed by atoms with Crippen LogP contribution in [0.2, 0.25) is 0 Å². The van der Waals surface area contributed by atoms with Crippen molar-refractivity contribution in [3.05, 3.63) is 109 Å². The molecule has 280 valence electrons. The summed E-state index contributed by atoms with van der Waals surface area (Å²) in [4.78, 5) is 10.7. The van der Waals surface area contributed by atoms with Gasteiger partial charge in [-0.3, -0.25) is 18.5 Å². The first-order valence-electron chi connectivity index (χ1n) is 15.0. The lowest BCUT2D eigenvalue weighted by Crippen LogP contribution is -2.20. The van der Waals surface area contributed by atoms with E-state index in [-0.39, 0.29) is 54.1 Å². The molecule has 0 aromatic heterocycles. The van der Waals surface area contributed by atoms with E-state index in [2.05, 4.69) is 20.1 Å². The Kier molecular flexibility index (Phi) is 9.64. The highest BCUT2D eigenvalue weighted by Gasteiger charge is 2.24. The Balaban J connectivity index is 1.14. The van der Waals surface area contributed by atoms with Crippen molar-refractivity contribution in [1.82, 2.24) is 0 Å². The first kappa shape index (κ1) is 37.8. The molecule has 0 radical (unpaired) electrons. The third kappa shape index (κ3) is 8.00. The zero-order valence-electron chi connectivity index (χ0n) is 27.0. The maximum absolute atomic E-state index is 13.2. The van der Waals surface area contributed by atoms with Crippen molar-refractivity contribution >= 4 is 90.6 Å². The number of nitrogens with one attached hydrogen (secondary N) is 4. The average Bonchev–Trinajstić information content (AvgIpc) is 3.07. The minimum absolute atomic E-state index is 0.127. The molecule has 6 rings (SSSR count). The second kappa shape index (κ2) is 13.8. The third-order valence-corrected chi connectivity index (χ3v) is 12.3. The monoisotopic (exact) mass is 814 g/mol. The van der Waals surface area contributed by atoms with Crippen molar-refractivity contribution < 1.29 is 57.8 Å². The largest absolute Gasteiger partial charge is 0.508 e. The molecule has 6 aromatic carbocycles. The summed E-state index contributed by atoms with van der Waals surface area (Å²) in [5.74, 6) is -0.941. The number of fused-ring (bicyclic) bond motifs is 2. The smallest absolute Gasteiger partial charge is 0.323 e. The lowest BCUT2D eigenvalue weighted by Gasteiger charge is -2.14. The number of aromatic hydroxyl groups is 2. The number of amides is 2. The Morgan fingerprint density at radius 3 is 1.17 bits per heavy atom. The van der Waals surface area contributed by atoms with Crippen LogP contribution in [-0.4, -0.2) is 59.0 Å². The van der Waals surface area contributed by atoms with E-state index in [1.807, 2.05) is 0 Å². The lowest BCUT2D eigenvalue weighted by atomic mass is 10.1. The molecular formula is C33H26N4O13S4. The van der Waals surface area contributed by atoms with Crippen molar-refractivity contribution in [2.45, 2.75) is 19.6 Å². The molecule has 17 nitrogen and oxygen atoms in total. The normalized spacial score (nSPS) is 12.3. The molecule has 0 saturated carbocycles. The number of phenolic OH excluding ortho intramolecular Hbond substituents is 2. The number of sulfonamides is 2. The Bertz CT molecular complexity index is 2740. The van der Waals surface area contributed by atoms with Crippen LogP contribution in [0.5, 0.6) is 11.5 Å². The fourth-order valence-corrected chi connectivity index (χ4v) is 9.11. The van der Waals surface area contributed by atoms with Crippen LogP contribution in [0, 0.1) is 0 Å². The minimum Gasteiger partial charge on any atom is -0.508 e. The number of hydrogen-bond donors (Lipinski definition) is 8. The van der Waals surface area contributed by atoms with E-state index in [4.69, 9.17) is 0 Å². The second-order valence-electron chi connectivity index (χ2n) is 11.5. The summed E-state index contributed by atoms with van der Waals surface area (Å²) in [6.07, 6.45) is 0. The first-order chi connectivity index (χ1) is 25.2. The fourth-order valence-electron chi connectivity index (χ4n) is 5.46. The summed E-state index contributed by atoms with van der Waals surface area (Å²) in [6.45, 7) is 0. The predicted molar refractivity (Wildman–Crippen MR) is 198 cm³/mol. The van der Waals surface area contributed by atoms with Gasteiger partial charge in [-0.05, 0) is 83.6 Å². The van der Waals surface area contributed by atoms with Crippen molar-refractivity contribution in [2.24, 2.45) is 0 Å². The summed E-state index contributed by atoms with van der Waals surface area (Å²) in [6, 6.07) is 21.0.